The molecule has 0 atom stereocenters. The Balaban J connectivity index is 1.86. The summed E-state index contributed by atoms with van der Waals surface area (Å²) in [4.78, 5) is 3.03. The van der Waals surface area contributed by atoms with E-state index in [1.54, 1.807) is 0 Å². The quantitative estimate of drug-likeness (QED) is 0.569. The molecule has 0 aliphatic carbocycles. The molecule has 0 saturated heterocycles. The maximum Gasteiger partial charge on any atom is 0.103 e. The van der Waals surface area contributed by atoms with E-state index in [0.717, 1.165) is 12.2 Å². The van der Waals surface area contributed by atoms with E-state index in [-0.39, 0.29) is 0 Å². The van der Waals surface area contributed by atoms with E-state index in [4.69, 9.17) is 5.73 Å². The lowest BCUT2D eigenvalue weighted by Gasteiger charge is -2.02. The molecule has 3 N–H and O–H groups in total. The zero-order valence-electron chi connectivity index (χ0n) is 11.3. The molecular weight excluding hydrogens is 208 g/mol. The molecule has 0 aliphatic rings. The predicted molar refractivity (Wildman–Crippen MR) is 76.1 cm³/mol. The van der Waals surface area contributed by atoms with Gasteiger partial charge in [-0.3, -0.25) is 0 Å². The first-order valence-corrected chi connectivity index (χ1v) is 7.26. The van der Waals surface area contributed by atoms with Gasteiger partial charge < -0.3 is 10.7 Å². The molecule has 1 aromatic heterocycles. The van der Waals surface area contributed by atoms with Crippen molar-refractivity contribution in [3.8, 4) is 0 Å². The van der Waals surface area contributed by atoms with Gasteiger partial charge in [-0.1, -0.05) is 58.3 Å². The van der Waals surface area contributed by atoms with Crippen molar-refractivity contribution in [2.24, 2.45) is 0 Å². The van der Waals surface area contributed by atoms with Crippen molar-refractivity contribution in [3.63, 3.8) is 0 Å². The van der Waals surface area contributed by atoms with Crippen LogP contribution in [-0.2, 0) is 6.42 Å². The third-order valence-electron chi connectivity index (χ3n) is 3.42. The molecule has 0 bridgehead atoms. The highest BCUT2D eigenvalue weighted by molar-refractivity contribution is 5.39. The summed E-state index contributed by atoms with van der Waals surface area (Å²) in [6, 6.07) is 2.10. The Morgan fingerprint density at radius 2 is 1.53 bits per heavy atom. The van der Waals surface area contributed by atoms with Crippen LogP contribution in [0.15, 0.2) is 12.3 Å². The number of aromatic nitrogens is 1. The number of hydrogen-bond donors (Lipinski definition) is 2. The molecule has 2 heteroatoms. The number of aromatic amines is 1. The van der Waals surface area contributed by atoms with Crippen LogP contribution in [0.2, 0.25) is 0 Å². The number of rotatable bonds is 10. The zero-order chi connectivity index (χ0) is 12.3. The summed E-state index contributed by atoms with van der Waals surface area (Å²) in [6.07, 6.45) is 15.5. The minimum Gasteiger partial charge on any atom is -0.385 e. The summed E-state index contributed by atoms with van der Waals surface area (Å²) < 4.78 is 0. The lowest BCUT2D eigenvalue weighted by Crippen LogP contribution is -1.91. The SMILES string of the molecule is CCCCCCCCCCCc1cc[nH]c1N. The van der Waals surface area contributed by atoms with Gasteiger partial charge in [0.1, 0.15) is 5.82 Å². The van der Waals surface area contributed by atoms with E-state index >= 15 is 0 Å². The van der Waals surface area contributed by atoms with Crippen LogP contribution < -0.4 is 5.73 Å². The van der Waals surface area contributed by atoms with Crippen molar-refractivity contribution in [1.29, 1.82) is 0 Å². The van der Waals surface area contributed by atoms with Gasteiger partial charge in [0, 0.05) is 6.20 Å². The third-order valence-corrected chi connectivity index (χ3v) is 3.42. The number of nitrogen functional groups attached to an aromatic ring is 1. The molecule has 0 radical (unpaired) electrons. The second-order valence-electron chi connectivity index (χ2n) is 5.00. The second-order valence-corrected chi connectivity index (χ2v) is 5.00. The van der Waals surface area contributed by atoms with Gasteiger partial charge in [-0.25, -0.2) is 0 Å². The Hall–Kier alpha value is -0.920. The zero-order valence-corrected chi connectivity index (χ0v) is 11.3. The van der Waals surface area contributed by atoms with Gasteiger partial charge in [-0.2, -0.15) is 0 Å². The lowest BCUT2D eigenvalue weighted by molar-refractivity contribution is 0.565. The molecule has 2 nitrogen and oxygen atoms in total. The Morgan fingerprint density at radius 1 is 0.941 bits per heavy atom. The summed E-state index contributed by atoms with van der Waals surface area (Å²) in [7, 11) is 0. The molecule has 98 valence electrons. The van der Waals surface area contributed by atoms with Crippen LogP contribution in [0.3, 0.4) is 0 Å². The molecule has 1 heterocycles. The summed E-state index contributed by atoms with van der Waals surface area (Å²) in [5.74, 6) is 0.851. The normalized spacial score (nSPS) is 10.9. The fraction of sp³-hybridized carbons (Fsp3) is 0.733. The highest BCUT2D eigenvalue weighted by Gasteiger charge is 1.99. The van der Waals surface area contributed by atoms with Gasteiger partial charge in [0.05, 0.1) is 0 Å². The van der Waals surface area contributed by atoms with Crippen LogP contribution in [0.4, 0.5) is 5.82 Å². The fourth-order valence-electron chi connectivity index (χ4n) is 2.26. The Bertz CT molecular complexity index is 278. The van der Waals surface area contributed by atoms with E-state index in [9.17, 15) is 0 Å². The lowest BCUT2D eigenvalue weighted by atomic mass is 10.0. The maximum atomic E-state index is 5.79. The Morgan fingerprint density at radius 3 is 2.06 bits per heavy atom. The van der Waals surface area contributed by atoms with Gasteiger partial charge in [-0.05, 0) is 24.5 Å². The number of H-pyrrole nitrogens is 1. The number of nitrogens with one attached hydrogen (secondary N) is 1. The van der Waals surface area contributed by atoms with Gasteiger partial charge in [0.15, 0.2) is 0 Å². The smallest absolute Gasteiger partial charge is 0.103 e. The minimum absolute atomic E-state index is 0.851. The molecule has 0 saturated carbocycles. The molecule has 1 aromatic rings. The number of anilines is 1. The van der Waals surface area contributed by atoms with Crippen molar-refractivity contribution in [3.05, 3.63) is 17.8 Å². The highest BCUT2D eigenvalue weighted by atomic mass is 14.8. The maximum absolute atomic E-state index is 5.79. The van der Waals surface area contributed by atoms with Crippen molar-refractivity contribution >= 4 is 5.82 Å². The molecule has 0 unspecified atom stereocenters. The largest absolute Gasteiger partial charge is 0.385 e. The molecule has 0 aromatic carbocycles. The minimum atomic E-state index is 0.851. The third kappa shape index (κ3) is 6.40. The van der Waals surface area contributed by atoms with Crippen molar-refractivity contribution < 1.29 is 0 Å². The number of unbranched alkanes of at least 4 members (excludes halogenated alkanes) is 8. The highest BCUT2D eigenvalue weighted by Crippen LogP contribution is 2.14. The van der Waals surface area contributed by atoms with E-state index < -0.39 is 0 Å². The van der Waals surface area contributed by atoms with E-state index in [1.807, 2.05) is 6.20 Å². The number of hydrogen-bond acceptors (Lipinski definition) is 1. The average Bonchev–Trinajstić information content (AvgIpc) is 2.73. The number of aryl methyl sites for hydroxylation is 1. The van der Waals surface area contributed by atoms with Crippen LogP contribution in [0, 0.1) is 0 Å². The standard InChI is InChI=1S/C15H28N2/c1-2-3-4-5-6-7-8-9-10-11-14-12-13-17-15(14)16/h12-13,17H,2-11,16H2,1H3. The topological polar surface area (TPSA) is 41.8 Å². The van der Waals surface area contributed by atoms with Gasteiger partial charge >= 0.3 is 0 Å². The Kier molecular flexibility index (Phi) is 7.61. The van der Waals surface area contributed by atoms with E-state index in [2.05, 4.69) is 18.0 Å². The van der Waals surface area contributed by atoms with Crippen LogP contribution in [-0.4, -0.2) is 4.98 Å². The first kappa shape index (κ1) is 14.1. The summed E-state index contributed by atoms with van der Waals surface area (Å²) in [5, 5.41) is 0. The van der Waals surface area contributed by atoms with Gasteiger partial charge in [-0.15, -0.1) is 0 Å². The van der Waals surface area contributed by atoms with Gasteiger partial charge in [0.2, 0.25) is 0 Å². The van der Waals surface area contributed by atoms with Crippen LogP contribution in [0.5, 0.6) is 0 Å². The van der Waals surface area contributed by atoms with Crippen LogP contribution >= 0.6 is 0 Å². The monoisotopic (exact) mass is 236 g/mol. The van der Waals surface area contributed by atoms with Crippen molar-refractivity contribution in [1.82, 2.24) is 4.98 Å². The molecule has 0 fully saturated rings. The molecule has 0 spiro atoms. The summed E-state index contributed by atoms with van der Waals surface area (Å²) in [5.41, 5.74) is 7.08. The number of nitrogens with two attached hydrogens (primary N) is 1. The van der Waals surface area contributed by atoms with Crippen molar-refractivity contribution in [2.75, 3.05) is 5.73 Å². The summed E-state index contributed by atoms with van der Waals surface area (Å²) in [6.45, 7) is 2.27. The van der Waals surface area contributed by atoms with Gasteiger partial charge in [0.25, 0.3) is 0 Å². The molecule has 1 rings (SSSR count). The molecular formula is C15H28N2. The molecule has 0 amide bonds. The second kappa shape index (κ2) is 9.15. The van der Waals surface area contributed by atoms with Crippen LogP contribution in [0.1, 0.15) is 70.3 Å². The van der Waals surface area contributed by atoms with Crippen molar-refractivity contribution in [2.45, 2.75) is 71.1 Å². The van der Waals surface area contributed by atoms with E-state index in [1.165, 1.54) is 63.4 Å². The molecule has 0 aliphatic heterocycles. The van der Waals surface area contributed by atoms with Crippen LogP contribution in [0.25, 0.3) is 0 Å². The fourth-order valence-corrected chi connectivity index (χ4v) is 2.26. The van der Waals surface area contributed by atoms with E-state index in [0.29, 0.717) is 0 Å². The predicted octanol–water partition coefficient (Wildman–Crippen LogP) is 4.67. The first-order valence-electron chi connectivity index (χ1n) is 7.26. The Labute approximate surface area is 106 Å². The first-order chi connectivity index (χ1) is 8.34. The molecule has 17 heavy (non-hydrogen) atoms. The summed E-state index contributed by atoms with van der Waals surface area (Å²) >= 11 is 0. The average molecular weight is 236 g/mol.